The first-order valence-electron chi connectivity index (χ1n) is 7.09. The molecule has 0 rings (SSSR count). The summed E-state index contributed by atoms with van der Waals surface area (Å²) in [6.45, 7) is 7.21. The Morgan fingerprint density at radius 3 is 1.79 bits per heavy atom. The fourth-order valence-corrected chi connectivity index (χ4v) is 2.42. The molecule has 19 heavy (non-hydrogen) atoms. The normalized spacial score (nSPS) is 16.1. The predicted molar refractivity (Wildman–Crippen MR) is 74.3 cm³/mol. The smallest absolute Gasteiger partial charge is 0.320 e. The number of hydrogen-bond donors (Lipinski definition) is 2. The van der Waals surface area contributed by atoms with Gasteiger partial charge < -0.3 is 10.2 Å². The molecule has 2 N–H and O–H groups in total. The van der Waals surface area contributed by atoms with Crippen LogP contribution in [0.2, 0.25) is 0 Å². The number of aliphatic carboxylic acids is 2. The maximum atomic E-state index is 11.2. The number of carboxylic acids is 2. The highest BCUT2D eigenvalue weighted by atomic mass is 16.4. The molecular weight excluding hydrogens is 246 g/mol. The van der Waals surface area contributed by atoms with Crippen LogP contribution in [0.5, 0.6) is 0 Å². The van der Waals surface area contributed by atoms with Gasteiger partial charge in [0.2, 0.25) is 0 Å². The highest BCUT2D eigenvalue weighted by Gasteiger charge is 2.34. The molecule has 0 saturated carbocycles. The van der Waals surface area contributed by atoms with E-state index in [1.165, 1.54) is 0 Å². The topological polar surface area (TPSA) is 77.8 Å². The molecule has 0 aromatic carbocycles. The summed E-state index contributed by atoms with van der Waals surface area (Å²) < 4.78 is 0. The van der Waals surface area contributed by atoms with Crippen LogP contribution < -0.4 is 0 Å². The monoisotopic (exact) mass is 273 g/mol. The summed E-state index contributed by atoms with van der Waals surface area (Å²) >= 11 is 0. The van der Waals surface area contributed by atoms with Gasteiger partial charge in [-0.05, 0) is 26.7 Å². The van der Waals surface area contributed by atoms with Crippen LogP contribution in [0.25, 0.3) is 0 Å². The van der Waals surface area contributed by atoms with E-state index in [2.05, 4.69) is 6.92 Å². The SMILES string of the molecule is CCCCCC(CC)N(C(C)C(=O)O)C(C)C(=O)O. The first kappa shape index (κ1) is 17.9. The molecule has 0 amide bonds. The first-order valence-corrected chi connectivity index (χ1v) is 7.09. The van der Waals surface area contributed by atoms with Crippen molar-refractivity contribution in [2.45, 2.75) is 77.9 Å². The van der Waals surface area contributed by atoms with Gasteiger partial charge in [0.25, 0.3) is 0 Å². The molecular formula is C14H27NO4. The molecule has 0 fully saturated rings. The van der Waals surface area contributed by atoms with Crippen molar-refractivity contribution in [1.82, 2.24) is 4.90 Å². The van der Waals surface area contributed by atoms with E-state index in [9.17, 15) is 9.59 Å². The van der Waals surface area contributed by atoms with E-state index in [0.717, 1.165) is 32.1 Å². The molecule has 3 unspecified atom stereocenters. The average Bonchev–Trinajstić information content (AvgIpc) is 2.36. The Kier molecular flexibility index (Phi) is 8.39. The van der Waals surface area contributed by atoms with Crippen molar-refractivity contribution in [1.29, 1.82) is 0 Å². The van der Waals surface area contributed by atoms with E-state index in [4.69, 9.17) is 10.2 Å². The zero-order chi connectivity index (χ0) is 15.0. The Morgan fingerprint density at radius 2 is 1.47 bits per heavy atom. The second-order valence-corrected chi connectivity index (χ2v) is 5.03. The van der Waals surface area contributed by atoms with Crippen LogP contribution >= 0.6 is 0 Å². The molecule has 0 heterocycles. The van der Waals surface area contributed by atoms with Crippen molar-refractivity contribution in [3.63, 3.8) is 0 Å². The van der Waals surface area contributed by atoms with Crippen LogP contribution in [0.4, 0.5) is 0 Å². The Bertz CT molecular complexity index is 273. The third kappa shape index (κ3) is 5.59. The van der Waals surface area contributed by atoms with E-state index in [1.54, 1.807) is 18.7 Å². The third-order valence-electron chi connectivity index (χ3n) is 3.64. The van der Waals surface area contributed by atoms with Gasteiger partial charge in [0.1, 0.15) is 12.1 Å². The fourth-order valence-electron chi connectivity index (χ4n) is 2.42. The molecule has 112 valence electrons. The quantitative estimate of drug-likeness (QED) is 0.598. The maximum absolute atomic E-state index is 11.2. The van der Waals surface area contributed by atoms with Crippen molar-refractivity contribution < 1.29 is 19.8 Å². The van der Waals surface area contributed by atoms with Crippen molar-refractivity contribution >= 4 is 11.9 Å². The Hall–Kier alpha value is -1.10. The lowest BCUT2D eigenvalue weighted by molar-refractivity contribution is -0.151. The van der Waals surface area contributed by atoms with Gasteiger partial charge in [0.05, 0.1) is 0 Å². The molecule has 0 aromatic heterocycles. The number of carboxylic acid groups (broad SMARTS) is 2. The number of nitrogens with zero attached hydrogens (tertiary/aromatic N) is 1. The molecule has 0 radical (unpaired) electrons. The molecule has 0 aliphatic heterocycles. The maximum Gasteiger partial charge on any atom is 0.320 e. The van der Waals surface area contributed by atoms with Crippen molar-refractivity contribution in [3.05, 3.63) is 0 Å². The van der Waals surface area contributed by atoms with Crippen molar-refractivity contribution in [3.8, 4) is 0 Å². The molecule has 0 aliphatic carbocycles. The fraction of sp³-hybridized carbons (Fsp3) is 0.857. The minimum Gasteiger partial charge on any atom is -0.480 e. The lowest BCUT2D eigenvalue weighted by Crippen LogP contribution is -2.53. The highest BCUT2D eigenvalue weighted by molar-refractivity contribution is 5.77. The molecule has 3 atom stereocenters. The van der Waals surface area contributed by atoms with Crippen molar-refractivity contribution in [2.24, 2.45) is 0 Å². The summed E-state index contributed by atoms with van der Waals surface area (Å²) in [6, 6.07) is -1.56. The van der Waals surface area contributed by atoms with Crippen LogP contribution in [0.1, 0.15) is 59.8 Å². The van der Waals surface area contributed by atoms with Crippen LogP contribution in [0, 0.1) is 0 Å². The lowest BCUT2D eigenvalue weighted by atomic mass is 10.0. The van der Waals surface area contributed by atoms with Gasteiger partial charge in [-0.1, -0.05) is 33.1 Å². The molecule has 0 spiro atoms. The largest absolute Gasteiger partial charge is 0.480 e. The third-order valence-corrected chi connectivity index (χ3v) is 3.64. The summed E-state index contributed by atoms with van der Waals surface area (Å²) in [5.41, 5.74) is 0. The van der Waals surface area contributed by atoms with E-state index in [1.807, 2.05) is 6.92 Å². The molecule has 5 heteroatoms. The summed E-state index contributed by atoms with van der Waals surface area (Å²) in [7, 11) is 0. The summed E-state index contributed by atoms with van der Waals surface area (Å²) in [6.07, 6.45) is 4.80. The number of hydrogen-bond acceptors (Lipinski definition) is 3. The second kappa shape index (κ2) is 8.91. The number of unbranched alkanes of at least 4 members (excludes halogenated alkanes) is 2. The lowest BCUT2D eigenvalue weighted by Gasteiger charge is -2.37. The summed E-state index contributed by atoms with van der Waals surface area (Å²) in [5, 5.41) is 18.3. The van der Waals surface area contributed by atoms with Gasteiger partial charge in [-0.2, -0.15) is 0 Å². The molecule has 0 aliphatic rings. The Balaban J connectivity index is 4.95. The van der Waals surface area contributed by atoms with Gasteiger partial charge in [-0.15, -0.1) is 0 Å². The second-order valence-electron chi connectivity index (χ2n) is 5.03. The van der Waals surface area contributed by atoms with Crippen LogP contribution in [0.3, 0.4) is 0 Å². The standard InChI is InChI=1S/C14H27NO4/c1-5-7-8-9-12(6-2)15(10(3)13(16)17)11(4)14(18)19/h10-12H,5-9H2,1-4H3,(H,16,17)(H,18,19). The molecule has 5 nitrogen and oxygen atoms in total. The van der Waals surface area contributed by atoms with Gasteiger partial charge in [0, 0.05) is 6.04 Å². The van der Waals surface area contributed by atoms with Gasteiger partial charge >= 0.3 is 11.9 Å². The van der Waals surface area contributed by atoms with E-state index >= 15 is 0 Å². The van der Waals surface area contributed by atoms with E-state index in [-0.39, 0.29) is 6.04 Å². The number of rotatable bonds is 10. The number of carbonyl (C=O) groups is 2. The Labute approximate surface area is 115 Å². The highest BCUT2D eigenvalue weighted by Crippen LogP contribution is 2.20. The summed E-state index contributed by atoms with van der Waals surface area (Å²) in [5.74, 6) is -1.94. The zero-order valence-electron chi connectivity index (χ0n) is 12.4. The minimum absolute atomic E-state index is 0.00347. The first-order chi connectivity index (χ1) is 8.86. The van der Waals surface area contributed by atoms with Crippen molar-refractivity contribution in [2.75, 3.05) is 0 Å². The molecule has 0 aromatic rings. The van der Waals surface area contributed by atoms with Gasteiger partial charge in [0.15, 0.2) is 0 Å². The van der Waals surface area contributed by atoms with Gasteiger partial charge in [-0.3, -0.25) is 14.5 Å². The van der Waals surface area contributed by atoms with E-state index < -0.39 is 24.0 Å². The van der Waals surface area contributed by atoms with Crippen LogP contribution in [0.15, 0.2) is 0 Å². The Morgan fingerprint density at radius 1 is 1.00 bits per heavy atom. The predicted octanol–water partition coefficient (Wildman–Crippen LogP) is 2.59. The van der Waals surface area contributed by atoms with Crippen LogP contribution in [-0.2, 0) is 9.59 Å². The zero-order valence-corrected chi connectivity index (χ0v) is 12.4. The summed E-state index contributed by atoms with van der Waals surface area (Å²) in [4.78, 5) is 24.0. The van der Waals surface area contributed by atoms with E-state index in [0.29, 0.717) is 0 Å². The van der Waals surface area contributed by atoms with Gasteiger partial charge in [-0.25, -0.2) is 0 Å². The molecule has 0 saturated heterocycles. The molecule has 0 bridgehead atoms. The minimum atomic E-state index is -0.970. The average molecular weight is 273 g/mol. The van der Waals surface area contributed by atoms with Crippen LogP contribution in [-0.4, -0.2) is 45.2 Å².